The van der Waals surface area contributed by atoms with E-state index in [4.69, 9.17) is 11.6 Å². The first-order chi connectivity index (χ1) is 9.08. The Morgan fingerprint density at radius 3 is 2.58 bits per heavy atom. The van der Waals surface area contributed by atoms with Gasteiger partial charge in [-0.3, -0.25) is 9.59 Å². The van der Waals surface area contributed by atoms with Crippen molar-refractivity contribution in [3.05, 3.63) is 35.7 Å². The fourth-order valence-electron chi connectivity index (χ4n) is 1.46. The summed E-state index contributed by atoms with van der Waals surface area (Å²) in [7, 11) is 0. The highest BCUT2D eigenvalue weighted by molar-refractivity contribution is 7.14. The van der Waals surface area contributed by atoms with Gasteiger partial charge in [-0.25, -0.2) is 15.8 Å². The summed E-state index contributed by atoms with van der Waals surface area (Å²) in [4.78, 5) is 26.5. The van der Waals surface area contributed by atoms with Gasteiger partial charge in [-0.05, 0) is 0 Å². The molecule has 0 bridgehead atoms. The van der Waals surface area contributed by atoms with Gasteiger partial charge in [-0.2, -0.15) is 0 Å². The molecule has 4 N–H and O–H groups in total. The highest BCUT2D eigenvalue weighted by Gasteiger charge is 2.17. The third kappa shape index (κ3) is 3.15. The van der Waals surface area contributed by atoms with E-state index in [2.05, 4.69) is 4.98 Å². The first-order valence-electron chi connectivity index (χ1n) is 5.45. The second kappa shape index (κ2) is 5.59. The molecule has 0 unspecified atom stereocenters. The Morgan fingerprint density at radius 2 is 1.95 bits per heavy atom. The van der Waals surface area contributed by atoms with E-state index in [0.717, 1.165) is 16.3 Å². The lowest BCUT2D eigenvalue weighted by atomic mass is 10.2. The number of aromatic nitrogens is 1. The molecule has 0 aliphatic carbocycles. The number of thiazole rings is 1. The predicted octanol–water partition coefficient (Wildman–Crippen LogP) is 0.892. The van der Waals surface area contributed by atoms with Crippen molar-refractivity contribution in [1.82, 2.24) is 4.98 Å². The number of rotatable bonds is 4. The second-order valence-corrected chi connectivity index (χ2v) is 4.62. The van der Waals surface area contributed by atoms with Gasteiger partial charge in [0.1, 0.15) is 6.42 Å². The molecular formula is C12H12N4O2S. The van der Waals surface area contributed by atoms with Crippen molar-refractivity contribution >= 4 is 28.3 Å². The van der Waals surface area contributed by atoms with Crippen LogP contribution in [0.4, 0.5) is 5.13 Å². The minimum atomic E-state index is -0.722. The van der Waals surface area contributed by atoms with Crippen molar-refractivity contribution in [2.75, 3.05) is 5.01 Å². The van der Waals surface area contributed by atoms with Crippen LogP contribution >= 0.6 is 11.3 Å². The Bertz CT molecular complexity index is 597. The number of benzene rings is 1. The monoisotopic (exact) mass is 276 g/mol. The van der Waals surface area contributed by atoms with Crippen LogP contribution in [0.1, 0.15) is 6.42 Å². The molecule has 2 amide bonds. The molecular weight excluding hydrogens is 264 g/mol. The van der Waals surface area contributed by atoms with Crippen LogP contribution in [0.5, 0.6) is 0 Å². The maximum atomic E-state index is 11.6. The van der Waals surface area contributed by atoms with Crippen LogP contribution in [0.2, 0.25) is 0 Å². The van der Waals surface area contributed by atoms with Gasteiger partial charge >= 0.3 is 0 Å². The van der Waals surface area contributed by atoms with E-state index in [-0.39, 0.29) is 0 Å². The summed E-state index contributed by atoms with van der Waals surface area (Å²) in [5.41, 5.74) is 6.60. The summed E-state index contributed by atoms with van der Waals surface area (Å²) in [6.45, 7) is 0. The molecule has 2 aromatic rings. The third-order valence-corrected chi connectivity index (χ3v) is 3.20. The molecule has 0 radical (unpaired) electrons. The van der Waals surface area contributed by atoms with Gasteiger partial charge in [-0.1, -0.05) is 30.3 Å². The number of hydrogen-bond donors (Lipinski definition) is 2. The molecule has 6 nitrogen and oxygen atoms in total. The number of primary amides is 1. The number of nitrogens with two attached hydrogens (primary N) is 2. The van der Waals surface area contributed by atoms with Crippen molar-refractivity contribution in [3.8, 4) is 11.3 Å². The van der Waals surface area contributed by atoms with Crippen LogP contribution in [0.25, 0.3) is 11.3 Å². The molecule has 98 valence electrons. The van der Waals surface area contributed by atoms with Crippen LogP contribution < -0.4 is 16.6 Å². The minimum Gasteiger partial charge on any atom is -0.369 e. The summed E-state index contributed by atoms with van der Waals surface area (Å²) >= 11 is 1.22. The molecule has 0 saturated heterocycles. The van der Waals surface area contributed by atoms with Gasteiger partial charge in [0.15, 0.2) is 0 Å². The number of hydrogen-bond acceptors (Lipinski definition) is 5. The smallest absolute Gasteiger partial charge is 0.252 e. The van der Waals surface area contributed by atoms with E-state index in [1.54, 1.807) is 5.38 Å². The fraction of sp³-hybridized carbons (Fsp3) is 0.0833. The van der Waals surface area contributed by atoms with Crippen LogP contribution in [-0.4, -0.2) is 16.8 Å². The van der Waals surface area contributed by atoms with Gasteiger partial charge in [0.05, 0.1) is 5.69 Å². The first kappa shape index (κ1) is 13.2. The molecule has 1 aromatic carbocycles. The highest BCUT2D eigenvalue weighted by atomic mass is 32.1. The normalized spacial score (nSPS) is 10.2. The van der Waals surface area contributed by atoms with Crippen molar-refractivity contribution in [2.24, 2.45) is 11.6 Å². The van der Waals surface area contributed by atoms with Crippen LogP contribution in [0.15, 0.2) is 35.7 Å². The highest BCUT2D eigenvalue weighted by Crippen LogP contribution is 2.26. The quantitative estimate of drug-likeness (QED) is 0.374. The van der Waals surface area contributed by atoms with Crippen LogP contribution in [0.3, 0.4) is 0 Å². The summed E-state index contributed by atoms with van der Waals surface area (Å²) < 4.78 is 0. The van der Waals surface area contributed by atoms with Gasteiger partial charge in [-0.15, -0.1) is 11.3 Å². The van der Waals surface area contributed by atoms with Crippen molar-refractivity contribution in [3.63, 3.8) is 0 Å². The maximum Gasteiger partial charge on any atom is 0.252 e. The predicted molar refractivity (Wildman–Crippen MR) is 73.0 cm³/mol. The van der Waals surface area contributed by atoms with E-state index in [1.165, 1.54) is 11.3 Å². The maximum absolute atomic E-state index is 11.6. The fourth-order valence-corrected chi connectivity index (χ4v) is 2.23. The van der Waals surface area contributed by atoms with E-state index in [9.17, 15) is 9.59 Å². The standard InChI is InChI=1S/C12H12N4O2S/c13-10(17)6-11(18)16(14)12-15-9(7-19-12)8-4-2-1-3-5-8/h1-5,7H,6,14H2,(H2,13,17). The average molecular weight is 276 g/mol. The summed E-state index contributed by atoms with van der Waals surface area (Å²) in [6, 6.07) is 9.51. The Morgan fingerprint density at radius 1 is 1.26 bits per heavy atom. The topological polar surface area (TPSA) is 102 Å². The number of carbonyl (C=O) groups is 2. The number of amides is 2. The zero-order valence-corrected chi connectivity index (χ0v) is 10.8. The van der Waals surface area contributed by atoms with E-state index in [1.807, 2.05) is 30.3 Å². The Labute approximate surface area is 113 Å². The van der Waals surface area contributed by atoms with Gasteiger partial charge in [0.2, 0.25) is 11.0 Å². The average Bonchev–Trinajstić information content (AvgIpc) is 2.87. The lowest BCUT2D eigenvalue weighted by Gasteiger charge is -2.11. The Hall–Kier alpha value is -2.25. The van der Waals surface area contributed by atoms with E-state index >= 15 is 0 Å². The largest absolute Gasteiger partial charge is 0.369 e. The molecule has 0 aliphatic heterocycles. The van der Waals surface area contributed by atoms with Crippen molar-refractivity contribution in [1.29, 1.82) is 0 Å². The zero-order chi connectivity index (χ0) is 13.8. The Balaban J connectivity index is 2.17. The number of anilines is 1. The van der Waals surface area contributed by atoms with Gasteiger partial charge in [0, 0.05) is 10.9 Å². The van der Waals surface area contributed by atoms with Crippen molar-refractivity contribution in [2.45, 2.75) is 6.42 Å². The molecule has 0 atom stereocenters. The van der Waals surface area contributed by atoms with Crippen LogP contribution in [-0.2, 0) is 9.59 Å². The lowest BCUT2D eigenvalue weighted by Crippen LogP contribution is -2.39. The molecule has 1 aromatic heterocycles. The van der Waals surface area contributed by atoms with E-state index in [0.29, 0.717) is 5.13 Å². The third-order valence-electron chi connectivity index (χ3n) is 2.36. The van der Waals surface area contributed by atoms with Gasteiger partial charge in [0.25, 0.3) is 5.91 Å². The van der Waals surface area contributed by atoms with Gasteiger partial charge < -0.3 is 5.73 Å². The lowest BCUT2D eigenvalue weighted by molar-refractivity contribution is -0.126. The molecule has 0 fully saturated rings. The van der Waals surface area contributed by atoms with Crippen LogP contribution in [0, 0.1) is 0 Å². The minimum absolute atomic E-state index is 0.324. The molecule has 1 heterocycles. The SMILES string of the molecule is NC(=O)CC(=O)N(N)c1nc(-c2ccccc2)cs1. The second-order valence-electron chi connectivity index (χ2n) is 3.79. The van der Waals surface area contributed by atoms with E-state index < -0.39 is 18.2 Å². The number of carbonyl (C=O) groups excluding carboxylic acids is 2. The first-order valence-corrected chi connectivity index (χ1v) is 6.33. The molecule has 19 heavy (non-hydrogen) atoms. The summed E-state index contributed by atoms with van der Waals surface area (Å²) in [6.07, 6.45) is -0.434. The summed E-state index contributed by atoms with van der Waals surface area (Å²) in [5, 5.41) is 2.97. The summed E-state index contributed by atoms with van der Waals surface area (Å²) in [5.74, 6) is 4.30. The Kier molecular flexibility index (Phi) is 3.88. The number of nitrogens with zero attached hydrogens (tertiary/aromatic N) is 2. The van der Waals surface area contributed by atoms with Crippen molar-refractivity contribution < 1.29 is 9.59 Å². The molecule has 0 saturated carbocycles. The molecule has 0 aliphatic rings. The number of hydrazine groups is 1. The zero-order valence-electron chi connectivity index (χ0n) is 9.95. The molecule has 0 spiro atoms. The molecule has 7 heteroatoms. The molecule has 2 rings (SSSR count).